The molecule has 1 aromatic carbocycles. The van der Waals surface area contributed by atoms with Crippen LogP contribution in [-0.4, -0.2) is 29.8 Å². The summed E-state index contributed by atoms with van der Waals surface area (Å²) < 4.78 is 6.19. The van der Waals surface area contributed by atoms with Gasteiger partial charge in [0.1, 0.15) is 5.76 Å². The molecular formula is C19H19IN2O3. The molecule has 0 aliphatic carbocycles. The number of rotatable bonds is 4. The fraction of sp³-hybridized carbons (Fsp3) is 0.263. The molecule has 1 aromatic heterocycles. The molecule has 0 atom stereocenters. The number of halogens is 1. The van der Waals surface area contributed by atoms with Gasteiger partial charge >= 0.3 is 0 Å². The highest BCUT2D eigenvalue weighted by molar-refractivity contribution is 14.1. The van der Waals surface area contributed by atoms with Crippen molar-refractivity contribution in [1.29, 1.82) is 0 Å². The third kappa shape index (κ3) is 4.94. The molecule has 1 fully saturated rings. The van der Waals surface area contributed by atoms with Crippen LogP contribution in [0.3, 0.4) is 0 Å². The first-order chi connectivity index (χ1) is 12.1. The molecule has 0 radical (unpaired) electrons. The molecule has 2 heterocycles. The predicted molar refractivity (Wildman–Crippen MR) is 105 cm³/mol. The summed E-state index contributed by atoms with van der Waals surface area (Å²) >= 11 is 2.08. The summed E-state index contributed by atoms with van der Waals surface area (Å²) in [4.78, 5) is 26.3. The zero-order chi connectivity index (χ0) is 17.6. The number of nitrogens with zero attached hydrogens (tertiary/aromatic N) is 1. The number of carbonyl (C=O) groups is 2. The van der Waals surface area contributed by atoms with Crippen molar-refractivity contribution in [3.63, 3.8) is 0 Å². The highest BCUT2D eigenvalue weighted by Crippen LogP contribution is 2.20. The van der Waals surface area contributed by atoms with E-state index < -0.39 is 0 Å². The predicted octanol–water partition coefficient (Wildman–Crippen LogP) is 3.77. The monoisotopic (exact) mass is 450 g/mol. The van der Waals surface area contributed by atoms with Crippen molar-refractivity contribution in [2.75, 3.05) is 18.4 Å². The molecule has 130 valence electrons. The van der Waals surface area contributed by atoms with Crippen LogP contribution in [0.1, 0.15) is 18.6 Å². The fourth-order valence-electron chi connectivity index (χ4n) is 2.80. The van der Waals surface area contributed by atoms with Crippen LogP contribution in [0.25, 0.3) is 6.08 Å². The molecule has 0 unspecified atom stereocenters. The molecule has 2 aromatic rings. The van der Waals surface area contributed by atoms with E-state index in [9.17, 15) is 9.59 Å². The lowest BCUT2D eigenvalue weighted by Crippen LogP contribution is -2.40. The quantitative estimate of drug-likeness (QED) is 0.570. The Morgan fingerprint density at radius 3 is 2.48 bits per heavy atom. The number of hydrogen-bond acceptors (Lipinski definition) is 3. The second kappa shape index (κ2) is 8.33. The molecule has 0 spiro atoms. The van der Waals surface area contributed by atoms with Crippen LogP contribution in [-0.2, 0) is 9.59 Å². The number of piperidine rings is 1. The molecule has 1 N–H and O–H groups in total. The third-order valence-corrected chi connectivity index (χ3v) is 4.78. The van der Waals surface area contributed by atoms with Gasteiger partial charge in [-0.1, -0.05) is 18.2 Å². The Kier molecular flexibility index (Phi) is 5.91. The Hall–Kier alpha value is -2.09. The smallest absolute Gasteiger partial charge is 0.246 e. The molecular weight excluding hydrogens is 431 g/mol. The van der Waals surface area contributed by atoms with E-state index in [4.69, 9.17) is 4.42 Å². The summed E-state index contributed by atoms with van der Waals surface area (Å²) in [5, 5.41) is 2.94. The van der Waals surface area contributed by atoms with Crippen molar-refractivity contribution < 1.29 is 14.0 Å². The van der Waals surface area contributed by atoms with Crippen LogP contribution in [0.5, 0.6) is 0 Å². The van der Waals surface area contributed by atoms with Gasteiger partial charge in [-0.3, -0.25) is 9.59 Å². The van der Waals surface area contributed by atoms with E-state index in [-0.39, 0.29) is 17.7 Å². The van der Waals surface area contributed by atoms with Crippen molar-refractivity contribution in [2.24, 2.45) is 5.92 Å². The van der Waals surface area contributed by atoms with Gasteiger partial charge in [0, 0.05) is 30.8 Å². The van der Waals surface area contributed by atoms with E-state index in [1.54, 1.807) is 11.0 Å². The summed E-state index contributed by atoms with van der Waals surface area (Å²) in [6.07, 6.45) is 4.56. The van der Waals surface area contributed by atoms with Crippen molar-refractivity contribution in [2.45, 2.75) is 12.8 Å². The van der Waals surface area contributed by atoms with Crippen molar-refractivity contribution in [3.8, 4) is 0 Å². The van der Waals surface area contributed by atoms with Crippen LogP contribution in [0.15, 0.2) is 53.0 Å². The minimum atomic E-state index is -0.0557. The molecule has 1 aliphatic rings. The van der Waals surface area contributed by atoms with E-state index in [1.807, 2.05) is 42.5 Å². The lowest BCUT2D eigenvalue weighted by molar-refractivity contribution is -0.130. The van der Waals surface area contributed by atoms with E-state index in [1.165, 1.54) is 6.08 Å². The van der Waals surface area contributed by atoms with Crippen LogP contribution in [0.2, 0.25) is 0 Å². The van der Waals surface area contributed by atoms with Crippen molar-refractivity contribution >= 4 is 46.2 Å². The summed E-state index contributed by atoms with van der Waals surface area (Å²) in [5.74, 6) is 0.585. The Morgan fingerprint density at radius 1 is 1.12 bits per heavy atom. The lowest BCUT2D eigenvalue weighted by atomic mass is 9.95. The van der Waals surface area contributed by atoms with Crippen LogP contribution >= 0.6 is 22.6 Å². The molecule has 6 heteroatoms. The minimum absolute atomic E-state index is 0.0269. The Bertz CT molecular complexity index is 762. The Labute approximate surface area is 160 Å². The second-order valence-corrected chi connectivity index (χ2v) is 6.99. The largest absolute Gasteiger partial charge is 0.451 e. The molecule has 2 amide bonds. The first kappa shape index (κ1) is 17.7. The van der Waals surface area contributed by atoms with Gasteiger partial charge in [-0.2, -0.15) is 0 Å². The number of carbonyl (C=O) groups excluding carboxylic acids is 2. The number of benzene rings is 1. The normalized spacial score (nSPS) is 15.5. The highest BCUT2D eigenvalue weighted by Gasteiger charge is 2.26. The van der Waals surface area contributed by atoms with Crippen LogP contribution in [0.4, 0.5) is 5.69 Å². The maximum atomic E-state index is 12.3. The number of para-hydroxylation sites is 1. The first-order valence-electron chi connectivity index (χ1n) is 8.20. The van der Waals surface area contributed by atoms with E-state index >= 15 is 0 Å². The van der Waals surface area contributed by atoms with Crippen molar-refractivity contribution in [1.82, 2.24) is 4.90 Å². The topological polar surface area (TPSA) is 62.6 Å². The standard InChI is InChI=1S/C19H19IN2O3/c20-17-8-6-16(25-17)7-9-18(23)22-12-10-14(11-13-22)19(24)21-15-4-2-1-3-5-15/h1-9,14H,10-13H2,(H,21,24)/b9-7+. The maximum absolute atomic E-state index is 12.3. The summed E-state index contributed by atoms with van der Waals surface area (Å²) in [5.41, 5.74) is 0.807. The molecule has 1 aliphatic heterocycles. The van der Waals surface area contributed by atoms with Gasteiger partial charge in [0.05, 0.1) is 0 Å². The van der Waals surface area contributed by atoms with E-state index in [0.717, 1.165) is 9.45 Å². The molecule has 0 bridgehead atoms. The molecule has 5 nitrogen and oxygen atoms in total. The maximum Gasteiger partial charge on any atom is 0.246 e. The average molecular weight is 450 g/mol. The minimum Gasteiger partial charge on any atom is -0.451 e. The van der Waals surface area contributed by atoms with E-state index in [0.29, 0.717) is 31.7 Å². The number of hydrogen-bond donors (Lipinski definition) is 1. The van der Waals surface area contributed by atoms with Gasteiger partial charge in [0.15, 0.2) is 3.77 Å². The van der Waals surface area contributed by atoms with Gasteiger partial charge in [-0.05, 0) is 65.8 Å². The number of amides is 2. The first-order valence-corrected chi connectivity index (χ1v) is 9.28. The molecule has 25 heavy (non-hydrogen) atoms. The number of anilines is 1. The summed E-state index contributed by atoms with van der Waals surface area (Å²) in [7, 11) is 0. The third-order valence-electron chi connectivity index (χ3n) is 4.20. The number of furan rings is 1. The lowest BCUT2D eigenvalue weighted by Gasteiger charge is -2.30. The number of nitrogens with one attached hydrogen (secondary N) is 1. The Morgan fingerprint density at radius 2 is 1.84 bits per heavy atom. The highest BCUT2D eigenvalue weighted by atomic mass is 127. The van der Waals surface area contributed by atoms with Crippen molar-refractivity contribution in [3.05, 3.63) is 58.1 Å². The van der Waals surface area contributed by atoms with Crippen LogP contribution < -0.4 is 5.32 Å². The summed E-state index contributed by atoms with van der Waals surface area (Å²) in [6, 6.07) is 13.1. The average Bonchev–Trinajstić information content (AvgIpc) is 3.06. The molecule has 0 saturated carbocycles. The molecule has 3 rings (SSSR count). The Balaban J connectivity index is 1.48. The zero-order valence-electron chi connectivity index (χ0n) is 13.7. The van der Waals surface area contributed by atoms with Gasteiger partial charge in [-0.25, -0.2) is 0 Å². The van der Waals surface area contributed by atoms with Crippen LogP contribution in [0, 0.1) is 9.68 Å². The van der Waals surface area contributed by atoms with Gasteiger partial charge in [-0.15, -0.1) is 0 Å². The number of likely N-dealkylation sites (tertiary alicyclic amines) is 1. The molecule has 1 saturated heterocycles. The zero-order valence-corrected chi connectivity index (χ0v) is 15.8. The second-order valence-electron chi connectivity index (χ2n) is 5.93. The summed E-state index contributed by atoms with van der Waals surface area (Å²) in [6.45, 7) is 1.18. The van der Waals surface area contributed by atoms with Gasteiger partial charge in [0.25, 0.3) is 0 Å². The fourth-order valence-corrected chi connectivity index (χ4v) is 3.24. The van der Waals surface area contributed by atoms with E-state index in [2.05, 4.69) is 27.9 Å². The van der Waals surface area contributed by atoms with Gasteiger partial charge in [0.2, 0.25) is 11.8 Å². The van der Waals surface area contributed by atoms with Gasteiger partial charge < -0.3 is 14.6 Å². The SMILES string of the molecule is O=C(Nc1ccccc1)C1CCN(C(=O)/C=C/c2ccc(I)o2)CC1.